The highest BCUT2D eigenvalue weighted by atomic mass is 15.3. The molecule has 41 heavy (non-hydrogen) atoms. The molecule has 0 saturated heterocycles. The van der Waals surface area contributed by atoms with Crippen molar-refractivity contribution < 1.29 is 0 Å². The van der Waals surface area contributed by atoms with Gasteiger partial charge in [-0.3, -0.25) is 4.99 Å². The maximum Gasteiger partial charge on any atom is 0.168 e. The summed E-state index contributed by atoms with van der Waals surface area (Å²) in [6.07, 6.45) is 8.32. The van der Waals surface area contributed by atoms with Gasteiger partial charge >= 0.3 is 0 Å². The van der Waals surface area contributed by atoms with E-state index >= 15 is 0 Å². The molecule has 0 aliphatic carbocycles. The Hall–Kier alpha value is -5.41. The van der Waals surface area contributed by atoms with Gasteiger partial charge in [-0.15, -0.1) is 0 Å². The summed E-state index contributed by atoms with van der Waals surface area (Å²) in [5, 5.41) is 2.50. The molecular formula is C38H27N3. The van der Waals surface area contributed by atoms with Crippen LogP contribution in [-0.4, -0.2) is 16.4 Å². The zero-order valence-electron chi connectivity index (χ0n) is 22.5. The highest BCUT2D eigenvalue weighted by Gasteiger charge is 2.35. The predicted octanol–water partition coefficient (Wildman–Crippen LogP) is 9.18. The van der Waals surface area contributed by atoms with Crippen LogP contribution in [-0.2, 0) is 0 Å². The van der Waals surface area contributed by atoms with Gasteiger partial charge in [0.05, 0.1) is 22.4 Å². The van der Waals surface area contributed by atoms with E-state index in [0.29, 0.717) is 0 Å². The van der Waals surface area contributed by atoms with E-state index in [0.717, 1.165) is 22.5 Å². The van der Waals surface area contributed by atoms with Gasteiger partial charge in [0.15, 0.2) is 6.17 Å². The zero-order valence-corrected chi connectivity index (χ0v) is 22.5. The van der Waals surface area contributed by atoms with Crippen LogP contribution in [0, 0.1) is 0 Å². The Morgan fingerprint density at radius 2 is 1.32 bits per heavy atom. The molecular weight excluding hydrogens is 498 g/mol. The maximum atomic E-state index is 4.85. The molecule has 8 rings (SSSR count). The Kier molecular flexibility index (Phi) is 5.36. The van der Waals surface area contributed by atoms with Gasteiger partial charge in [-0.05, 0) is 70.8 Å². The number of para-hydroxylation sites is 2. The number of hydrogen-bond donors (Lipinski definition) is 0. The van der Waals surface area contributed by atoms with Gasteiger partial charge < -0.3 is 9.47 Å². The van der Waals surface area contributed by atoms with Crippen LogP contribution in [0.3, 0.4) is 0 Å². The van der Waals surface area contributed by atoms with Gasteiger partial charge in [0.2, 0.25) is 0 Å². The zero-order chi connectivity index (χ0) is 27.3. The molecule has 3 heterocycles. The molecule has 0 N–H and O–H groups in total. The average molecular weight is 526 g/mol. The monoisotopic (exact) mass is 525 g/mol. The van der Waals surface area contributed by atoms with Gasteiger partial charge in [0, 0.05) is 28.2 Å². The Morgan fingerprint density at radius 3 is 2.17 bits per heavy atom. The van der Waals surface area contributed by atoms with Gasteiger partial charge in [0.1, 0.15) is 0 Å². The number of rotatable bonds is 4. The fourth-order valence-electron chi connectivity index (χ4n) is 6.02. The lowest BCUT2D eigenvalue weighted by Gasteiger charge is -2.25. The first-order valence-corrected chi connectivity index (χ1v) is 13.9. The summed E-state index contributed by atoms with van der Waals surface area (Å²) < 4.78 is 2.35. The van der Waals surface area contributed by atoms with Crippen molar-refractivity contribution in [3.8, 4) is 16.8 Å². The van der Waals surface area contributed by atoms with E-state index in [9.17, 15) is 0 Å². The molecule has 3 nitrogen and oxygen atoms in total. The molecule has 1 unspecified atom stereocenters. The third kappa shape index (κ3) is 3.94. The summed E-state index contributed by atoms with van der Waals surface area (Å²) >= 11 is 0. The second kappa shape index (κ2) is 9.35. The quantitative estimate of drug-likeness (QED) is 0.225. The number of allylic oxidation sites excluding steroid dienone is 4. The maximum absolute atomic E-state index is 4.85. The molecule has 0 amide bonds. The Balaban J connectivity index is 1.23. The van der Waals surface area contributed by atoms with Crippen LogP contribution in [0.2, 0.25) is 0 Å². The lowest BCUT2D eigenvalue weighted by Crippen LogP contribution is -2.25. The fourth-order valence-corrected chi connectivity index (χ4v) is 6.02. The molecule has 6 aromatic rings. The van der Waals surface area contributed by atoms with E-state index in [4.69, 9.17) is 4.99 Å². The molecule has 3 heteroatoms. The summed E-state index contributed by atoms with van der Waals surface area (Å²) in [6.45, 7) is 4.42. The van der Waals surface area contributed by atoms with E-state index in [1.165, 1.54) is 44.2 Å². The van der Waals surface area contributed by atoms with Gasteiger partial charge in [-0.25, -0.2) is 0 Å². The van der Waals surface area contributed by atoms with Crippen LogP contribution < -0.4 is 4.90 Å². The number of anilines is 1. The van der Waals surface area contributed by atoms with Crippen molar-refractivity contribution in [1.29, 1.82) is 0 Å². The van der Waals surface area contributed by atoms with Gasteiger partial charge in [0.25, 0.3) is 0 Å². The summed E-state index contributed by atoms with van der Waals surface area (Å²) in [6, 6.07) is 43.2. The first-order chi connectivity index (χ1) is 20.3. The second-order valence-corrected chi connectivity index (χ2v) is 10.5. The topological polar surface area (TPSA) is 20.5 Å². The molecule has 0 fully saturated rings. The summed E-state index contributed by atoms with van der Waals surface area (Å²) in [4.78, 5) is 7.11. The van der Waals surface area contributed by atoms with Crippen molar-refractivity contribution in [1.82, 2.24) is 4.57 Å². The summed E-state index contributed by atoms with van der Waals surface area (Å²) in [5.74, 6) is 0. The van der Waals surface area contributed by atoms with Crippen molar-refractivity contribution in [2.75, 3.05) is 4.90 Å². The SMILES string of the molecule is C=C1/C=C\C=C/N(C2N=C2c2ccccc2)c2ccc(-c3ccc4c(c3)c3ccccc3n4-c3ccccc3)cc21. The first-order valence-electron chi connectivity index (χ1n) is 13.9. The predicted molar refractivity (Wildman–Crippen MR) is 173 cm³/mol. The van der Waals surface area contributed by atoms with E-state index in [-0.39, 0.29) is 6.17 Å². The Labute approximate surface area is 239 Å². The van der Waals surface area contributed by atoms with Crippen LogP contribution in [0.15, 0.2) is 157 Å². The minimum absolute atomic E-state index is 0.00184. The van der Waals surface area contributed by atoms with E-state index in [1.807, 2.05) is 6.07 Å². The third-order valence-corrected chi connectivity index (χ3v) is 8.07. The smallest absolute Gasteiger partial charge is 0.168 e. The van der Waals surface area contributed by atoms with Crippen LogP contribution in [0.1, 0.15) is 11.1 Å². The van der Waals surface area contributed by atoms with Gasteiger partial charge in [-0.1, -0.05) is 97.6 Å². The highest BCUT2D eigenvalue weighted by Crippen LogP contribution is 2.39. The highest BCUT2D eigenvalue weighted by molar-refractivity contribution is 6.15. The largest absolute Gasteiger partial charge is 0.320 e. The molecule has 2 aliphatic rings. The minimum Gasteiger partial charge on any atom is -0.320 e. The number of nitrogens with zero attached hydrogens (tertiary/aromatic N) is 3. The molecule has 2 aliphatic heterocycles. The number of benzene rings is 5. The number of hydrogen-bond acceptors (Lipinski definition) is 2. The van der Waals surface area contributed by atoms with Crippen LogP contribution in [0.25, 0.3) is 44.2 Å². The van der Waals surface area contributed by atoms with E-state index in [2.05, 4.69) is 156 Å². The van der Waals surface area contributed by atoms with Crippen molar-refractivity contribution in [2.24, 2.45) is 4.99 Å². The van der Waals surface area contributed by atoms with Crippen molar-refractivity contribution in [3.63, 3.8) is 0 Å². The van der Waals surface area contributed by atoms with Crippen LogP contribution in [0.4, 0.5) is 5.69 Å². The molecule has 0 saturated carbocycles. The number of aliphatic imine (C=N–C) groups is 1. The van der Waals surface area contributed by atoms with Crippen molar-refractivity contribution in [2.45, 2.75) is 6.17 Å². The summed E-state index contributed by atoms with van der Waals surface area (Å²) in [7, 11) is 0. The molecule has 1 aromatic heterocycles. The molecule has 5 aromatic carbocycles. The lowest BCUT2D eigenvalue weighted by molar-refractivity contribution is 0.967. The number of aromatic nitrogens is 1. The summed E-state index contributed by atoms with van der Waals surface area (Å²) in [5.41, 5.74) is 11.4. The molecule has 0 radical (unpaired) electrons. The van der Waals surface area contributed by atoms with Crippen molar-refractivity contribution in [3.05, 3.63) is 163 Å². The van der Waals surface area contributed by atoms with Gasteiger partial charge in [-0.2, -0.15) is 0 Å². The number of fused-ring (bicyclic) bond motifs is 4. The van der Waals surface area contributed by atoms with Crippen LogP contribution >= 0.6 is 0 Å². The molecule has 0 bridgehead atoms. The van der Waals surface area contributed by atoms with Crippen molar-refractivity contribution >= 4 is 38.8 Å². The normalized spacial score (nSPS) is 17.6. The minimum atomic E-state index is -0.00184. The van der Waals surface area contributed by atoms with E-state index in [1.54, 1.807) is 0 Å². The molecule has 1 atom stereocenters. The standard InChI is InChI=1S/C38H27N3/c1-26-12-10-11-23-40(38-37(39-38)27-13-4-2-5-14-27)34-21-19-28(24-32(26)34)29-20-22-36-33(25-29)31-17-8-9-18-35(31)41(36)30-15-6-3-7-16-30/h2-25,38H,1H2/b12-10-,23-11-. The first kappa shape index (κ1) is 23.5. The molecule has 0 spiro atoms. The average Bonchev–Trinajstić information content (AvgIpc) is 3.75. The Morgan fingerprint density at radius 1 is 0.610 bits per heavy atom. The molecule has 194 valence electrons. The van der Waals surface area contributed by atoms with E-state index < -0.39 is 0 Å². The third-order valence-electron chi connectivity index (χ3n) is 8.07. The lowest BCUT2D eigenvalue weighted by atomic mass is 9.95. The Bertz CT molecular complexity index is 2060. The second-order valence-electron chi connectivity index (χ2n) is 10.5. The van der Waals surface area contributed by atoms with Crippen LogP contribution in [0.5, 0.6) is 0 Å². The fraction of sp³-hybridized carbons (Fsp3) is 0.0263.